The van der Waals surface area contributed by atoms with Crippen LogP contribution in [0.4, 0.5) is 0 Å². The summed E-state index contributed by atoms with van der Waals surface area (Å²) in [5, 5.41) is 2.52. The van der Waals surface area contributed by atoms with E-state index in [0.29, 0.717) is 17.1 Å². The Morgan fingerprint density at radius 1 is 1.04 bits per heavy atom. The van der Waals surface area contributed by atoms with Crippen LogP contribution in [0.3, 0.4) is 0 Å². The minimum atomic E-state index is -0.706. The van der Waals surface area contributed by atoms with Crippen LogP contribution >= 0.6 is 0 Å². The van der Waals surface area contributed by atoms with Crippen molar-refractivity contribution in [3.8, 4) is 5.75 Å². The Labute approximate surface area is 155 Å². The number of esters is 1. The first-order valence-electron chi connectivity index (χ1n) is 8.06. The molecule has 2 aromatic heterocycles. The maximum Gasteiger partial charge on any atom is 0.355 e. The highest BCUT2D eigenvalue weighted by Crippen LogP contribution is 2.15. The van der Waals surface area contributed by atoms with Gasteiger partial charge in [0.2, 0.25) is 0 Å². The predicted molar refractivity (Wildman–Crippen MR) is 95.6 cm³/mol. The van der Waals surface area contributed by atoms with Crippen LogP contribution in [0.15, 0.2) is 75.6 Å². The molecule has 3 rings (SSSR count). The molecule has 0 spiro atoms. The van der Waals surface area contributed by atoms with E-state index in [9.17, 15) is 9.59 Å². The van der Waals surface area contributed by atoms with E-state index in [2.05, 4.69) is 5.32 Å². The third-order valence-electron chi connectivity index (χ3n) is 3.57. The van der Waals surface area contributed by atoms with Crippen LogP contribution in [0, 0.1) is 0 Å². The summed E-state index contributed by atoms with van der Waals surface area (Å²) >= 11 is 0. The van der Waals surface area contributed by atoms with Crippen LogP contribution in [0.25, 0.3) is 6.08 Å². The minimum Gasteiger partial charge on any atom is -0.497 e. The zero-order valence-electron chi connectivity index (χ0n) is 14.5. The standard InChI is InChI=1S/C20H17NO6/c1-24-15-8-6-14(7-9-15)12-17(21-19(22)18-5-3-11-26-18)20(23)27-13-16-4-2-10-25-16/h2-12H,13H2,1H3,(H,21,22)/b17-12-. The van der Waals surface area contributed by atoms with E-state index in [1.165, 1.54) is 24.7 Å². The molecule has 2 heterocycles. The van der Waals surface area contributed by atoms with E-state index < -0.39 is 11.9 Å². The minimum absolute atomic E-state index is 0.0341. The fourth-order valence-electron chi connectivity index (χ4n) is 2.21. The third-order valence-corrected chi connectivity index (χ3v) is 3.57. The Morgan fingerprint density at radius 3 is 2.41 bits per heavy atom. The lowest BCUT2D eigenvalue weighted by molar-refractivity contribution is -0.141. The summed E-state index contributed by atoms with van der Waals surface area (Å²) < 4.78 is 20.5. The van der Waals surface area contributed by atoms with Gasteiger partial charge in [-0.2, -0.15) is 0 Å². The molecule has 138 valence electrons. The van der Waals surface area contributed by atoms with Crippen LogP contribution in [0.2, 0.25) is 0 Å². The van der Waals surface area contributed by atoms with Gasteiger partial charge in [-0.1, -0.05) is 12.1 Å². The fourth-order valence-corrected chi connectivity index (χ4v) is 2.21. The molecular formula is C20H17NO6. The average Bonchev–Trinajstić information content (AvgIpc) is 3.40. The van der Waals surface area contributed by atoms with Crippen molar-refractivity contribution in [1.82, 2.24) is 5.32 Å². The second-order valence-corrected chi connectivity index (χ2v) is 5.42. The molecule has 0 saturated carbocycles. The molecule has 27 heavy (non-hydrogen) atoms. The number of hydrogen-bond acceptors (Lipinski definition) is 6. The summed E-state index contributed by atoms with van der Waals surface area (Å²) in [6.07, 6.45) is 4.36. The Kier molecular flexibility index (Phi) is 5.73. The Bertz CT molecular complexity index is 908. The van der Waals surface area contributed by atoms with Gasteiger partial charge in [0.25, 0.3) is 5.91 Å². The maximum atomic E-state index is 12.5. The van der Waals surface area contributed by atoms with Crippen molar-refractivity contribution in [3.05, 3.63) is 83.8 Å². The largest absolute Gasteiger partial charge is 0.497 e. The lowest BCUT2D eigenvalue weighted by Gasteiger charge is -2.09. The molecule has 0 fully saturated rings. The molecule has 1 amide bonds. The van der Waals surface area contributed by atoms with Crippen LogP contribution in [-0.2, 0) is 16.1 Å². The third kappa shape index (κ3) is 4.88. The monoisotopic (exact) mass is 367 g/mol. The molecule has 0 unspecified atom stereocenters. The number of furan rings is 2. The first-order chi connectivity index (χ1) is 13.2. The summed E-state index contributed by atoms with van der Waals surface area (Å²) in [5.74, 6) is -0.0236. The number of ether oxygens (including phenoxy) is 2. The molecule has 1 aromatic carbocycles. The first kappa shape index (κ1) is 18.1. The van der Waals surface area contributed by atoms with Gasteiger partial charge in [0, 0.05) is 0 Å². The second-order valence-electron chi connectivity index (χ2n) is 5.42. The molecule has 0 aliphatic heterocycles. The summed E-state index contributed by atoms with van der Waals surface area (Å²) in [6.45, 7) is -0.0532. The molecule has 7 nitrogen and oxygen atoms in total. The molecule has 0 saturated heterocycles. The van der Waals surface area contributed by atoms with Crippen LogP contribution in [0.5, 0.6) is 5.75 Å². The number of hydrogen-bond donors (Lipinski definition) is 1. The Balaban J connectivity index is 1.79. The highest BCUT2D eigenvalue weighted by atomic mass is 16.5. The number of nitrogens with one attached hydrogen (secondary N) is 1. The van der Waals surface area contributed by atoms with Gasteiger partial charge < -0.3 is 23.6 Å². The second kappa shape index (κ2) is 8.57. The predicted octanol–water partition coefficient (Wildman–Crippen LogP) is 3.40. The van der Waals surface area contributed by atoms with Gasteiger partial charge >= 0.3 is 5.97 Å². The zero-order valence-corrected chi connectivity index (χ0v) is 14.5. The van der Waals surface area contributed by atoms with E-state index in [4.69, 9.17) is 18.3 Å². The molecule has 0 aliphatic carbocycles. The first-order valence-corrected chi connectivity index (χ1v) is 8.06. The Hall–Kier alpha value is -3.74. The lowest BCUT2D eigenvalue weighted by atomic mass is 10.2. The van der Waals surface area contributed by atoms with Crippen molar-refractivity contribution in [2.75, 3.05) is 7.11 Å². The number of rotatable bonds is 7. The normalized spacial score (nSPS) is 11.1. The van der Waals surface area contributed by atoms with Crippen molar-refractivity contribution in [3.63, 3.8) is 0 Å². The van der Waals surface area contributed by atoms with Crippen molar-refractivity contribution in [1.29, 1.82) is 0 Å². The van der Waals surface area contributed by atoms with E-state index in [0.717, 1.165) is 0 Å². The molecule has 3 aromatic rings. The van der Waals surface area contributed by atoms with E-state index in [1.807, 2.05) is 0 Å². The summed E-state index contributed by atoms with van der Waals surface area (Å²) in [7, 11) is 1.56. The van der Waals surface area contributed by atoms with E-state index >= 15 is 0 Å². The number of methoxy groups -OCH3 is 1. The summed E-state index contributed by atoms with van der Waals surface area (Å²) in [6, 6.07) is 13.4. The zero-order chi connectivity index (χ0) is 19.1. The Morgan fingerprint density at radius 2 is 1.78 bits per heavy atom. The lowest BCUT2D eigenvalue weighted by Crippen LogP contribution is -2.28. The fraction of sp³-hybridized carbons (Fsp3) is 0.100. The van der Waals surface area contributed by atoms with Gasteiger partial charge in [-0.25, -0.2) is 4.79 Å². The molecule has 0 atom stereocenters. The molecule has 7 heteroatoms. The highest BCUT2D eigenvalue weighted by Gasteiger charge is 2.18. The van der Waals surface area contributed by atoms with Gasteiger partial charge in [0.15, 0.2) is 5.76 Å². The van der Waals surface area contributed by atoms with Crippen molar-refractivity contribution >= 4 is 18.0 Å². The molecule has 0 aliphatic rings. The molecule has 0 bridgehead atoms. The number of carbonyl (C=O) groups is 2. The number of amides is 1. The SMILES string of the molecule is COc1ccc(/C=C(\NC(=O)c2ccco2)C(=O)OCc2ccco2)cc1. The quantitative estimate of drug-likeness (QED) is 0.508. The van der Waals surface area contributed by atoms with Crippen molar-refractivity contribution < 1.29 is 27.9 Å². The van der Waals surface area contributed by atoms with Crippen LogP contribution in [-0.4, -0.2) is 19.0 Å². The van der Waals surface area contributed by atoms with Gasteiger partial charge in [0.1, 0.15) is 23.8 Å². The average molecular weight is 367 g/mol. The van der Waals surface area contributed by atoms with Gasteiger partial charge in [0.05, 0.1) is 19.6 Å². The van der Waals surface area contributed by atoms with E-state index in [-0.39, 0.29) is 18.1 Å². The van der Waals surface area contributed by atoms with Crippen molar-refractivity contribution in [2.45, 2.75) is 6.61 Å². The van der Waals surface area contributed by atoms with Crippen LogP contribution in [0.1, 0.15) is 21.9 Å². The molecular weight excluding hydrogens is 350 g/mol. The molecule has 1 N–H and O–H groups in total. The van der Waals surface area contributed by atoms with Gasteiger partial charge in [-0.15, -0.1) is 0 Å². The topological polar surface area (TPSA) is 90.9 Å². The summed E-state index contributed by atoms with van der Waals surface area (Å²) in [4.78, 5) is 24.7. The summed E-state index contributed by atoms with van der Waals surface area (Å²) in [5.41, 5.74) is 0.647. The van der Waals surface area contributed by atoms with Crippen molar-refractivity contribution in [2.24, 2.45) is 0 Å². The number of carbonyl (C=O) groups excluding carboxylic acids is 2. The van der Waals surface area contributed by atoms with Gasteiger partial charge in [-0.05, 0) is 48.0 Å². The van der Waals surface area contributed by atoms with Gasteiger partial charge in [-0.3, -0.25) is 4.79 Å². The van der Waals surface area contributed by atoms with Crippen LogP contribution < -0.4 is 10.1 Å². The molecule has 0 radical (unpaired) electrons. The van der Waals surface area contributed by atoms with E-state index in [1.54, 1.807) is 49.6 Å². The maximum absolute atomic E-state index is 12.5. The highest BCUT2D eigenvalue weighted by molar-refractivity contribution is 6.02. The number of benzene rings is 1. The smallest absolute Gasteiger partial charge is 0.355 e.